The standard InChI is InChI=1S/C15H16BrFN2O/c1-10(18)6-13-4-5-14(8-19-13)20-9-11-2-3-12(16)7-15(11)17/h2-5,7-8,10H,6,9,18H2,1H3. The number of pyridine rings is 1. The van der Waals surface area contributed by atoms with Crippen molar-refractivity contribution < 1.29 is 9.13 Å². The predicted molar refractivity (Wildman–Crippen MR) is 80.0 cm³/mol. The summed E-state index contributed by atoms with van der Waals surface area (Å²) in [5.41, 5.74) is 7.14. The molecule has 0 aliphatic heterocycles. The molecule has 20 heavy (non-hydrogen) atoms. The van der Waals surface area contributed by atoms with Crippen molar-refractivity contribution in [1.82, 2.24) is 4.98 Å². The second-order valence-corrected chi connectivity index (χ2v) is 5.61. The van der Waals surface area contributed by atoms with Gasteiger partial charge < -0.3 is 10.5 Å². The molecule has 2 N–H and O–H groups in total. The Balaban J connectivity index is 1.96. The van der Waals surface area contributed by atoms with Crippen LogP contribution < -0.4 is 10.5 Å². The molecule has 2 rings (SSSR count). The average molecular weight is 339 g/mol. The summed E-state index contributed by atoms with van der Waals surface area (Å²) in [6, 6.07) is 8.66. The Kier molecular flexibility index (Phi) is 5.09. The summed E-state index contributed by atoms with van der Waals surface area (Å²) in [6.45, 7) is 2.11. The SMILES string of the molecule is CC(N)Cc1ccc(OCc2ccc(Br)cc2F)cn1. The highest BCUT2D eigenvalue weighted by atomic mass is 79.9. The number of halogens is 2. The molecule has 1 aromatic carbocycles. The van der Waals surface area contributed by atoms with Crippen molar-refractivity contribution in [3.05, 3.63) is 58.1 Å². The van der Waals surface area contributed by atoms with E-state index < -0.39 is 0 Å². The molecule has 0 spiro atoms. The fraction of sp³-hybridized carbons (Fsp3) is 0.267. The van der Waals surface area contributed by atoms with Crippen LogP contribution in [0.15, 0.2) is 41.0 Å². The van der Waals surface area contributed by atoms with Crippen LogP contribution in [0.4, 0.5) is 4.39 Å². The average Bonchev–Trinajstić information content (AvgIpc) is 2.39. The van der Waals surface area contributed by atoms with E-state index in [4.69, 9.17) is 10.5 Å². The summed E-state index contributed by atoms with van der Waals surface area (Å²) >= 11 is 3.22. The topological polar surface area (TPSA) is 48.1 Å². The number of nitrogens with two attached hydrogens (primary N) is 1. The number of rotatable bonds is 5. The van der Waals surface area contributed by atoms with E-state index in [9.17, 15) is 4.39 Å². The van der Waals surface area contributed by atoms with Crippen LogP contribution in [-0.2, 0) is 13.0 Å². The zero-order valence-electron chi connectivity index (χ0n) is 11.1. The molecule has 0 bridgehead atoms. The fourth-order valence-electron chi connectivity index (χ4n) is 1.75. The number of hydrogen-bond donors (Lipinski definition) is 1. The Bertz CT molecular complexity index is 573. The van der Waals surface area contributed by atoms with Gasteiger partial charge in [0.05, 0.1) is 6.20 Å². The Morgan fingerprint density at radius 1 is 1.35 bits per heavy atom. The van der Waals surface area contributed by atoms with Crippen molar-refractivity contribution >= 4 is 15.9 Å². The Morgan fingerprint density at radius 3 is 2.75 bits per heavy atom. The van der Waals surface area contributed by atoms with E-state index in [-0.39, 0.29) is 18.5 Å². The van der Waals surface area contributed by atoms with E-state index in [2.05, 4.69) is 20.9 Å². The van der Waals surface area contributed by atoms with Crippen LogP contribution in [0.5, 0.6) is 5.75 Å². The minimum Gasteiger partial charge on any atom is -0.487 e. The fourth-order valence-corrected chi connectivity index (χ4v) is 2.08. The van der Waals surface area contributed by atoms with E-state index >= 15 is 0 Å². The first kappa shape index (κ1) is 14.9. The van der Waals surface area contributed by atoms with E-state index in [0.717, 1.165) is 12.1 Å². The van der Waals surface area contributed by atoms with E-state index in [1.165, 1.54) is 6.07 Å². The first-order valence-corrected chi connectivity index (χ1v) is 7.11. The molecule has 106 valence electrons. The van der Waals surface area contributed by atoms with Gasteiger partial charge in [-0.15, -0.1) is 0 Å². The van der Waals surface area contributed by atoms with Gasteiger partial charge in [-0.25, -0.2) is 4.39 Å². The van der Waals surface area contributed by atoms with Crippen LogP contribution in [0.1, 0.15) is 18.2 Å². The van der Waals surface area contributed by atoms with Crippen molar-refractivity contribution in [3.8, 4) is 5.75 Å². The second-order valence-electron chi connectivity index (χ2n) is 4.69. The lowest BCUT2D eigenvalue weighted by atomic mass is 10.2. The monoisotopic (exact) mass is 338 g/mol. The molecule has 1 aromatic heterocycles. The molecule has 1 heterocycles. The highest BCUT2D eigenvalue weighted by Crippen LogP contribution is 2.18. The smallest absolute Gasteiger partial charge is 0.138 e. The number of ether oxygens (including phenoxy) is 1. The molecule has 0 radical (unpaired) electrons. The molecular formula is C15H16BrFN2O. The summed E-state index contributed by atoms with van der Waals surface area (Å²) in [4.78, 5) is 4.26. The Hall–Kier alpha value is -1.46. The van der Waals surface area contributed by atoms with E-state index in [1.807, 2.05) is 19.1 Å². The lowest BCUT2D eigenvalue weighted by Crippen LogP contribution is -2.18. The van der Waals surface area contributed by atoms with Gasteiger partial charge >= 0.3 is 0 Å². The summed E-state index contributed by atoms with van der Waals surface area (Å²) in [5.74, 6) is 0.321. The second kappa shape index (κ2) is 6.81. The summed E-state index contributed by atoms with van der Waals surface area (Å²) in [5, 5.41) is 0. The Morgan fingerprint density at radius 2 is 2.15 bits per heavy atom. The van der Waals surface area contributed by atoms with Crippen molar-refractivity contribution in [2.45, 2.75) is 26.0 Å². The molecule has 0 aliphatic carbocycles. The molecule has 3 nitrogen and oxygen atoms in total. The molecule has 0 aliphatic rings. The third-order valence-electron chi connectivity index (χ3n) is 2.74. The Labute approximate surface area is 126 Å². The van der Waals surface area contributed by atoms with Crippen LogP contribution in [0.2, 0.25) is 0 Å². The van der Waals surface area contributed by atoms with Gasteiger partial charge in [-0.2, -0.15) is 0 Å². The van der Waals surface area contributed by atoms with Gasteiger partial charge in [0, 0.05) is 28.2 Å². The van der Waals surface area contributed by atoms with Crippen molar-refractivity contribution in [2.24, 2.45) is 5.73 Å². The number of hydrogen-bond acceptors (Lipinski definition) is 3. The zero-order chi connectivity index (χ0) is 14.5. The van der Waals surface area contributed by atoms with Crippen LogP contribution in [0, 0.1) is 5.82 Å². The molecule has 0 fully saturated rings. The number of nitrogens with zero attached hydrogens (tertiary/aromatic N) is 1. The van der Waals surface area contributed by atoms with Crippen LogP contribution in [-0.4, -0.2) is 11.0 Å². The van der Waals surface area contributed by atoms with Crippen molar-refractivity contribution in [1.29, 1.82) is 0 Å². The van der Waals surface area contributed by atoms with Gasteiger partial charge in [0.15, 0.2) is 0 Å². The first-order valence-electron chi connectivity index (χ1n) is 6.32. The zero-order valence-corrected chi connectivity index (χ0v) is 12.7. The minimum absolute atomic E-state index is 0.0751. The summed E-state index contributed by atoms with van der Waals surface area (Å²) in [6.07, 6.45) is 2.36. The maximum Gasteiger partial charge on any atom is 0.138 e. The van der Waals surface area contributed by atoms with Gasteiger partial charge in [0.25, 0.3) is 0 Å². The van der Waals surface area contributed by atoms with Gasteiger partial charge in [-0.3, -0.25) is 4.98 Å². The van der Waals surface area contributed by atoms with E-state index in [1.54, 1.807) is 18.3 Å². The van der Waals surface area contributed by atoms with E-state index in [0.29, 0.717) is 15.8 Å². The highest BCUT2D eigenvalue weighted by molar-refractivity contribution is 9.10. The van der Waals surface area contributed by atoms with Crippen molar-refractivity contribution in [2.75, 3.05) is 0 Å². The quantitative estimate of drug-likeness (QED) is 0.908. The van der Waals surface area contributed by atoms with Gasteiger partial charge in [0.2, 0.25) is 0 Å². The largest absolute Gasteiger partial charge is 0.487 e. The van der Waals surface area contributed by atoms with Crippen LogP contribution in [0.3, 0.4) is 0 Å². The lowest BCUT2D eigenvalue weighted by molar-refractivity contribution is 0.298. The first-order chi connectivity index (χ1) is 9.54. The molecule has 5 heteroatoms. The minimum atomic E-state index is -0.291. The normalized spacial score (nSPS) is 12.2. The van der Waals surface area contributed by atoms with Crippen LogP contribution >= 0.6 is 15.9 Å². The molecular weight excluding hydrogens is 323 g/mol. The number of aromatic nitrogens is 1. The highest BCUT2D eigenvalue weighted by Gasteiger charge is 2.05. The maximum atomic E-state index is 13.6. The molecule has 0 saturated carbocycles. The molecule has 1 atom stereocenters. The van der Waals surface area contributed by atoms with Gasteiger partial charge in [-0.05, 0) is 31.2 Å². The molecule has 0 amide bonds. The van der Waals surface area contributed by atoms with Gasteiger partial charge in [-0.1, -0.05) is 22.0 Å². The van der Waals surface area contributed by atoms with Crippen LogP contribution in [0.25, 0.3) is 0 Å². The molecule has 0 saturated heterocycles. The third-order valence-corrected chi connectivity index (χ3v) is 3.23. The molecule has 1 unspecified atom stereocenters. The summed E-state index contributed by atoms with van der Waals surface area (Å²) in [7, 11) is 0. The molecule has 2 aromatic rings. The predicted octanol–water partition coefficient (Wildman–Crippen LogP) is 3.45. The third kappa shape index (κ3) is 4.28. The maximum absolute atomic E-state index is 13.6. The lowest BCUT2D eigenvalue weighted by Gasteiger charge is -2.08. The van der Waals surface area contributed by atoms with Crippen molar-refractivity contribution in [3.63, 3.8) is 0 Å². The number of benzene rings is 1. The van der Waals surface area contributed by atoms with Gasteiger partial charge in [0.1, 0.15) is 18.2 Å². The summed E-state index contributed by atoms with van der Waals surface area (Å²) < 4.78 is 19.9.